The summed E-state index contributed by atoms with van der Waals surface area (Å²) in [6.07, 6.45) is 6.39. The highest BCUT2D eigenvalue weighted by Crippen LogP contribution is 2.50. The minimum atomic E-state index is -0.583. The fraction of sp³-hybridized carbons (Fsp3) is 0.275. The van der Waals surface area contributed by atoms with Gasteiger partial charge >= 0.3 is 6.09 Å². The van der Waals surface area contributed by atoms with Crippen LogP contribution in [0, 0.1) is 19.8 Å². The third-order valence-corrected chi connectivity index (χ3v) is 8.95. The monoisotopic (exact) mass is 582 g/mol. The summed E-state index contributed by atoms with van der Waals surface area (Å²) in [6, 6.07) is 34.0. The number of aryl methyl sites for hydroxylation is 2. The first-order valence-electron chi connectivity index (χ1n) is 15.5. The van der Waals surface area contributed by atoms with E-state index in [4.69, 9.17) is 4.74 Å². The molecular weight excluding hydrogens is 540 g/mol. The molecule has 0 radical (unpaired) electrons. The van der Waals surface area contributed by atoms with Crippen LogP contribution >= 0.6 is 0 Å². The minimum Gasteiger partial charge on any atom is -0.443 e. The minimum absolute atomic E-state index is 0.0695. The van der Waals surface area contributed by atoms with Crippen molar-refractivity contribution in [3.05, 3.63) is 138 Å². The maximum Gasteiger partial charge on any atom is 0.415 e. The highest BCUT2D eigenvalue weighted by Gasteiger charge is 2.48. The van der Waals surface area contributed by atoms with Crippen molar-refractivity contribution >= 4 is 34.4 Å². The molecule has 2 unspecified atom stereocenters. The Morgan fingerprint density at radius 3 is 1.95 bits per heavy atom. The molecule has 4 aromatic carbocycles. The van der Waals surface area contributed by atoms with Gasteiger partial charge in [0.2, 0.25) is 0 Å². The summed E-state index contributed by atoms with van der Waals surface area (Å²) in [5.74, 6) is 0.0695. The van der Waals surface area contributed by atoms with E-state index in [0.717, 1.165) is 28.1 Å². The molecule has 1 aliphatic heterocycles. The molecule has 0 N–H and O–H groups in total. The van der Waals surface area contributed by atoms with Gasteiger partial charge in [-0.15, -0.1) is 0 Å². The van der Waals surface area contributed by atoms with Crippen molar-refractivity contribution < 1.29 is 9.53 Å². The Labute approximate surface area is 262 Å². The molecule has 6 rings (SSSR count). The quantitative estimate of drug-likeness (QED) is 0.240. The summed E-state index contributed by atoms with van der Waals surface area (Å²) in [7, 11) is 0. The standard InChI is InChI=1S/C40H42N2O2/c1-27-14-8-11-17-34(27)41(35-18-12-9-15-28(35)2)31-23-20-29(21-24-31)30-22-25-37-33(26-30)40(6,7)32-16-10-13-19-36(32)42(37)38(43)44-39(3,4)5/h8-26,33,37H,1-7H3. The van der Waals surface area contributed by atoms with Gasteiger partial charge in [-0.1, -0.05) is 98.8 Å². The molecule has 224 valence electrons. The molecule has 1 heterocycles. The Kier molecular flexibility index (Phi) is 7.49. The van der Waals surface area contributed by atoms with Crippen LogP contribution in [-0.2, 0) is 10.2 Å². The number of allylic oxidation sites excluding steroid dienone is 2. The van der Waals surface area contributed by atoms with Gasteiger partial charge in [0.05, 0.1) is 11.7 Å². The van der Waals surface area contributed by atoms with Gasteiger partial charge in [-0.2, -0.15) is 0 Å². The molecule has 1 amide bonds. The second kappa shape index (κ2) is 11.2. The van der Waals surface area contributed by atoms with Crippen LogP contribution in [0.1, 0.15) is 56.9 Å². The molecule has 44 heavy (non-hydrogen) atoms. The number of carbonyl (C=O) groups excluding carboxylic acids is 1. The predicted molar refractivity (Wildman–Crippen MR) is 183 cm³/mol. The van der Waals surface area contributed by atoms with Crippen molar-refractivity contribution in [2.24, 2.45) is 5.92 Å². The van der Waals surface area contributed by atoms with Crippen LogP contribution in [0.2, 0.25) is 0 Å². The highest BCUT2D eigenvalue weighted by atomic mass is 16.6. The van der Waals surface area contributed by atoms with E-state index in [1.54, 1.807) is 0 Å². The molecule has 0 fully saturated rings. The van der Waals surface area contributed by atoms with Crippen molar-refractivity contribution in [1.29, 1.82) is 0 Å². The third-order valence-electron chi connectivity index (χ3n) is 8.95. The topological polar surface area (TPSA) is 32.8 Å². The summed E-state index contributed by atoms with van der Waals surface area (Å²) in [4.78, 5) is 17.8. The van der Waals surface area contributed by atoms with Gasteiger partial charge in [0.15, 0.2) is 0 Å². The molecule has 0 aromatic heterocycles. The van der Waals surface area contributed by atoms with Gasteiger partial charge in [-0.25, -0.2) is 4.79 Å². The molecule has 0 saturated heterocycles. The lowest BCUT2D eigenvalue weighted by Crippen LogP contribution is -2.55. The average Bonchev–Trinajstić information content (AvgIpc) is 2.99. The molecule has 0 saturated carbocycles. The summed E-state index contributed by atoms with van der Waals surface area (Å²) in [5, 5.41) is 0. The number of ether oxygens (including phenoxy) is 1. The van der Waals surface area contributed by atoms with E-state index in [-0.39, 0.29) is 23.5 Å². The average molecular weight is 583 g/mol. The summed E-state index contributed by atoms with van der Waals surface area (Å²) in [5.41, 5.74) is 9.49. The summed E-state index contributed by atoms with van der Waals surface area (Å²) >= 11 is 0. The van der Waals surface area contributed by atoms with E-state index in [1.165, 1.54) is 22.5 Å². The predicted octanol–water partition coefficient (Wildman–Crippen LogP) is 10.4. The Bertz CT molecular complexity index is 1710. The maximum absolute atomic E-state index is 13.6. The smallest absolute Gasteiger partial charge is 0.415 e. The number of nitrogens with zero attached hydrogens (tertiary/aromatic N) is 2. The second-order valence-electron chi connectivity index (χ2n) is 13.5. The summed E-state index contributed by atoms with van der Waals surface area (Å²) < 4.78 is 5.92. The molecule has 1 aliphatic carbocycles. The lowest BCUT2D eigenvalue weighted by atomic mass is 9.64. The second-order valence-corrected chi connectivity index (χ2v) is 13.5. The SMILES string of the molecule is Cc1ccccc1N(c1ccc(C2=CC3C(C=C2)N(C(=O)OC(C)(C)C)c2ccccc2C3(C)C)cc1)c1ccccc1C. The van der Waals surface area contributed by atoms with E-state index >= 15 is 0 Å². The number of carbonyl (C=O) groups is 1. The molecule has 2 atom stereocenters. The maximum atomic E-state index is 13.6. The zero-order valence-electron chi connectivity index (χ0n) is 26.8. The Morgan fingerprint density at radius 1 is 0.795 bits per heavy atom. The highest BCUT2D eigenvalue weighted by molar-refractivity contribution is 5.93. The molecule has 4 aromatic rings. The number of hydrogen-bond acceptors (Lipinski definition) is 3. The van der Waals surface area contributed by atoms with E-state index in [2.05, 4.69) is 136 Å². The van der Waals surface area contributed by atoms with E-state index < -0.39 is 5.60 Å². The lowest BCUT2D eigenvalue weighted by molar-refractivity contribution is 0.0553. The van der Waals surface area contributed by atoms with Crippen molar-refractivity contribution in [3.8, 4) is 0 Å². The number of benzene rings is 4. The largest absolute Gasteiger partial charge is 0.443 e. The fourth-order valence-electron chi connectivity index (χ4n) is 6.68. The van der Waals surface area contributed by atoms with Crippen LogP contribution in [0.15, 0.2) is 115 Å². The number of para-hydroxylation sites is 3. The normalized spacial score (nSPS) is 18.6. The van der Waals surface area contributed by atoms with Crippen molar-refractivity contribution in [1.82, 2.24) is 0 Å². The zero-order chi connectivity index (χ0) is 31.2. The van der Waals surface area contributed by atoms with Crippen molar-refractivity contribution in [2.45, 2.75) is 65.5 Å². The first-order valence-corrected chi connectivity index (χ1v) is 15.5. The molecular formula is C40H42N2O2. The number of hydrogen-bond donors (Lipinski definition) is 0. The zero-order valence-corrected chi connectivity index (χ0v) is 26.8. The van der Waals surface area contributed by atoms with Crippen LogP contribution in [-0.4, -0.2) is 17.7 Å². The van der Waals surface area contributed by atoms with Crippen molar-refractivity contribution in [2.75, 3.05) is 9.80 Å². The number of rotatable bonds is 4. The van der Waals surface area contributed by atoms with Gasteiger partial charge < -0.3 is 9.64 Å². The number of fused-ring (bicyclic) bond motifs is 2. The van der Waals surface area contributed by atoms with Crippen LogP contribution in [0.4, 0.5) is 27.5 Å². The van der Waals surface area contributed by atoms with E-state index in [0.29, 0.717) is 0 Å². The number of anilines is 4. The molecule has 0 spiro atoms. The van der Waals surface area contributed by atoms with Gasteiger partial charge in [0, 0.05) is 28.4 Å². The van der Waals surface area contributed by atoms with Crippen LogP contribution in [0.3, 0.4) is 0 Å². The van der Waals surface area contributed by atoms with Gasteiger partial charge in [-0.05, 0) is 92.8 Å². The molecule has 2 aliphatic rings. The molecule has 4 heteroatoms. The fourth-order valence-corrected chi connectivity index (χ4v) is 6.68. The van der Waals surface area contributed by atoms with Gasteiger partial charge in [0.25, 0.3) is 0 Å². The Hall–Kier alpha value is -4.57. The van der Waals surface area contributed by atoms with Crippen LogP contribution in [0.5, 0.6) is 0 Å². The third kappa shape index (κ3) is 5.34. The van der Waals surface area contributed by atoms with Crippen LogP contribution in [0.25, 0.3) is 5.57 Å². The van der Waals surface area contributed by atoms with Crippen LogP contribution < -0.4 is 9.80 Å². The van der Waals surface area contributed by atoms with Gasteiger partial charge in [0.1, 0.15) is 5.60 Å². The van der Waals surface area contributed by atoms with Gasteiger partial charge in [-0.3, -0.25) is 4.90 Å². The molecule has 4 nitrogen and oxygen atoms in total. The first kappa shape index (κ1) is 29.5. The van der Waals surface area contributed by atoms with E-state index in [1.807, 2.05) is 37.8 Å². The Morgan fingerprint density at radius 2 is 1.36 bits per heavy atom. The summed E-state index contributed by atoms with van der Waals surface area (Å²) in [6.45, 7) is 14.6. The van der Waals surface area contributed by atoms with Crippen molar-refractivity contribution in [3.63, 3.8) is 0 Å². The lowest BCUT2D eigenvalue weighted by Gasteiger charge is -2.50. The van der Waals surface area contributed by atoms with E-state index in [9.17, 15) is 4.79 Å². The molecule has 0 bridgehead atoms. The Balaban J connectivity index is 1.38. The first-order chi connectivity index (χ1) is 21.0. The number of amides is 1.